The van der Waals surface area contributed by atoms with E-state index in [-0.39, 0.29) is 5.41 Å². The number of hydrogen-bond acceptors (Lipinski definition) is 2. The first kappa shape index (κ1) is 32.7. The molecule has 0 saturated heterocycles. The van der Waals surface area contributed by atoms with Crippen molar-refractivity contribution in [3.8, 4) is 78.4 Å². The molecule has 0 atom stereocenters. The zero-order valence-corrected chi connectivity index (χ0v) is 30.9. The van der Waals surface area contributed by atoms with Gasteiger partial charge in [0.1, 0.15) is 0 Å². The van der Waals surface area contributed by atoms with E-state index < -0.39 is 0 Å². The molecule has 0 N–H and O–H groups in total. The van der Waals surface area contributed by atoms with Gasteiger partial charge in [-0.3, -0.25) is 0 Å². The van der Waals surface area contributed by atoms with Crippen LogP contribution in [0, 0.1) is 0 Å². The van der Waals surface area contributed by atoms with Gasteiger partial charge in [-0.25, -0.2) is 9.97 Å². The van der Waals surface area contributed by atoms with Crippen molar-refractivity contribution in [1.82, 2.24) is 9.97 Å². The maximum absolute atomic E-state index is 5.03. The van der Waals surface area contributed by atoms with Gasteiger partial charge in [0.2, 0.25) is 0 Å². The fraction of sp³-hybridized carbons (Fsp3) is 0.0566. The maximum Gasteiger partial charge on any atom is 0.160 e. The van der Waals surface area contributed by atoms with E-state index in [1.807, 2.05) is 36.4 Å². The number of nitrogens with zero attached hydrogens (tertiary/aromatic N) is 2. The minimum Gasteiger partial charge on any atom is -0.228 e. The van der Waals surface area contributed by atoms with Gasteiger partial charge in [-0.2, -0.15) is 0 Å². The second kappa shape index (κ2) is 13.2. The van der Waals surface area contributed by atoms with Crippen molar-refractivity contribution < 1.29 is 0 Å². The Bertz CT molecular complexity index is 2810. The number of benzene rings is 8. The predicted octanol–water partition coefficient (Wildman–Crippen LogP) is 13.9. The van der Waals surface area contributed by atoms with E-state index in [9.17, 15) is 0 Å². The van der Waals surface area contributed by atoms with Gasteiger partial charge in [-0.1, -0.05) is 184 Å². The van der Waals surface area contributed by atoms with Crippen molar-refractivity contribution in [1.29, 1.82) is 0 Å². The van der Waals surface area contributed by atoms with Crippen LogP contribution in [0.25, 0.3) is 89.2 Å². The molecule has 9 aromatic rings. The molecule has 0 spiro atoms. The van der Waals surface area contributed by atoms with E-state index >= 15 is 0 Å². The van der Waals surface area contributed by atoms with E-state index in [1.54, 1.807) is 0 Å². The van der Waals surface area contributed by atoms with Gasteiger partial charge in [0, 0.05) is 22.1 Å². The average Bonchev–Trinajstić information content (AvgIpc) is 3.49. The Kier molecular flexibility index (Phi) is 7.85. The van der Waals surface area contributed by atoms with E-state index in [2.05, 4.69) is 172 Å². The monoisotopic (exact) mass is 702 g/mol. The number of aromatic nitrogens is 2. The Hall–Kier alpha value is -6.90. The van der Waals surface area contributed by atoms with E-state index in [4.69, 9.17) is 9.97 Å². The normalized spacial score (nSPS) is 12.7. The lowest BCUT2D eigenvalue weighted by atomic mass is 9.81. The summed E-state index contributed by atoms with van der Waals surface area (Å²) < 4.78 is 0. The standard InChI is InChI=1S/C53H38N2/c1-53(2)48-22-10-9-20-46(48)47-30-28-42(33-49(47)53)40-18-11-17-39(31-40)41-27-29-45-43(32-41)19-12-21-44(45)35-23-25-38(26-24-35)52-54-50(36-13-5-3-6-14-36)34-51(55-52)37-15-7-4-8-16-37/h3-34H,1-2H3. The molecule has 2 nitrogen and oxygen atoms in total. The van der Waals surface area contributed by atoms with Gasteiger partial charge in [-0.05, 0) is 90.7 Å². The summed E-state index contributed by atoms with van der Waals surface area (Å²) in [6.45, 7) is 4.69. The molecule has 1 aliphatic carbocycles. The van der Waals surface area contributed by atoms with Crippen LogP contribution in [0.2, 0.25) is 0 Å². The summed E-state index contributed by atoms with van der Waals surface area (Å²) in [5, 5.41) is 2.44. The topological polar surface area (TPSA) is 25.8 Å². The molecular formula is C53H38N2. The minimum atomic E-state index is -0.0248. The Morgan fingerprint density at radius 3 is 1.55 bits per heavy atom. The molecule has 1 aromatic heterocycles. The van der Waals surface area contributed by atoms with Crippen molar-refractivity contribution in [2.45, 2.75) is 19.3 Å². The summed E-state index contributed by atoms with van der Waals surface area (Å²) >= 11 is 0. The highest BCUT2D eigenvalue weighted by Gasteiger charge is 2.35. The van der Waals surface area contributed by atoms with Crippen LogP contribution in [0.4, 0.5) is 0 Å². The van der Waals surface area contributed by atoms with Crippen molar-refractivity contribution in [2.24, 2.45) is 0 Å². The highest BCUT2D eigenvalue weighted by molar-refractivity contribution is 5.99. The predicted molar refractivity (Wildman–Crippen MR) is 230 cm³/mol. The molecule has 0 fully saturated rings. The molecule has 0 aliphatic heterocycles. The Labute approximate surface area is 322 Å². The van der Waals surface area contributed by atoms with Crippen molar-refractivity contribution >= 4 is 10.8 Å². The highest BCUT2D eigenvalue weighted by Crippen LogP contribution is 2.49. The quantitative estimate of drug-likeness (QED) is 0.172. The van der Waals surface area contributed by atoms with Crippen LogP contribution < -0.4 is 0 Å². The molecule has 2 heteroatoms. The first-order chi connectivity index (χ1) is 27.0. The third-order valence-electron chi connectivity index (χ3n) is 11.3. The van der Waals surface area contributed by atoms with E-state index in [1.165, 1.54) is 60.8 Å². The molecule has 55 heavy (non-hydrogen) atoms. The second-order valence-electron chi connectivity index (χ2n) is 15.0. The van der Waals surface area contributed by atoms with Crippen LogP contribution in [0.15, 0.2) is 194 Å². The van der Waals surface area contributed by atoms with Crippen molar-refractivity contribution in [3.63, 3.8) is 0 Å². The summed E-state index contributed by atoms with van der Waals surface area (Å²) in [4.78, 5) is 10.1. The van der Waals surface area contributed by atoms with Crippen LogP contribution in [0.3, 0.4) is 0 Å². The highest BCUT2D eigenvalue weighted by atomic mass is 14.9. The van der Waals surface area contributed by atoms with Gasteiger partial charge in [0.05, 0.1) is 11.4 Å². The third-order valence-corrected chi connectivity index (χ3v) is 11.3. The Morgan fingerprint density at radius 2 is 0.836 bits per heavy atom. The lowest BCUT2D eigenvalue weighted by molar-refractivity contribution is 0.660. The maximum atomic E-state index is 5.03. The van der Waals surface area contributed by atoms with Crippen molar-refractivity contribution in [3.05, 3.63) is 205 Å². The molecule has 0 saturated carbocycles. The molecule has 0 radical (unpaired) electrons. The summed E-state index contributed by atoms with van der Waals surface area (Å²) in [5.41, 5.74) is 17.7. The van der Waals surface area contributed by atoms with E-state index in [0.29, 0.717) is 5.82 Å². The molecule has 0 unspecified atom stereocenters. The lowest BCUT2D eigenvalue weighted by Gasteiger charge is -2.22. The summed E-state index contributed by atoms with van der Waals surface area (Å²) in [7, 11) is 0. The SMILES string of the molecule is CC1(C)c2ccccc2-c2ccc(-c3cccc(-c4ccc5c(-c6ccc(-c7nc(-c8ccccc8)cc(-c8ccccc8)n7)cc6)cccc5c4)c3)cc21. The lowest BCUT2D eigenvalue weighted by Crippen LogP contribution is -2.14. The van der Waals surface area contributed by atoms with Crippen LogP contribution >= 0.6 is 0 Å². The zero-order chi connectivity index (χ0) is 36.9. The molecule has 260 valence electrons. The van der Waals surface area contributed by atoms with E-state index in [0.717, 1.165) is 33.6 Å². The Morgan fingerprint density at radius 1 is 0.327 bits per heavy atom. The average molecular weight is 703 g/mol. The smallest absolute Gasteiger partial charge is 0.160 e. The molecule has 8 aromatic carbocycles. The zero-order valence-electron chi connectivity index (χ0n) is 30.9. The number of hydrogen-bond donors (Lipinski definition) is 0. The molecule has 1 heterocycles. The Balaban J connectivity index is 0.963. The molecule has 10 rings (SSSR count). The molecular weight excluding hydrogens is 665 g/mol. The largest absolute Gasteiger partial charge is 0.228 e. The summed E-state index contributed by atoms with van der Waals surface area (Å²) in [6.07, 6.45) is 0. The van der Waals surface area contributed by atoms with Gasteiger partial charge in [-0.15, -0.1) is 0 Å². The van der Waals surface area contributed by atoms with Crippen LogP contribution in [0.5, 0.6) is 0 Å². The number of rotatable bonds is 6. The molecule has 0 amide bonds. The summed E-state index contributed by atoms with van der Waals surface area (Å²) in [6, 6.07) is 69.6. The fourth-order valence-corrected chi connectivity index (χ4v) is 8.37. The van der Waals surface area contributed by atoms with Gasteiger partial charge in [0.15, 0.2) is 5.82 Å². The van der Waals surface area contributed by atoms with Gasteiger partial charge < -0.3 is 0 Å². The van der Waals surface area contributed by atoms with Gasteiger partial charge in [0.25, 0.3) is 0 Å². The van der Waals surface area contributed by atoms with Crippen molar-refractivity contribution in [2.75, 3.05) is 0 Å². The first-order valence-corrected chi connectivity index (χ1v) is 19.0. The fourth-order valence-electron chi connectivity index (χ4n) is 8.37. The third kappa shape index (κ3) is 5.84. The van der Waals surface area contributed by atoms with Crippen LogP contribution in [-0.2, 0) is 5.41 Å². The second-order valence-corrected chi connectivity index (χ2v) is 15.0. The molecule has 0 bridgehead atoms. The molecule has 1 aliphatic rings. The van der Waals surface area contributed by atoms with Gasteiger partial charge >= 0.3 is 0 Å². The van der Waals surface area contributed by atoms with Crippen LogP contribution in [0.1, 0.15) is 25.0 Å². The van der Waals surface area contributed by atoms with Crippen LogP contribution in [-0.4, -0.2) is 9.97 Å². The number of fused-ring (bicyclic) bond motifs is 4. The summed E-state index contributed by atoms with van der Waals surface area (Å²) in [5.74, 6) is 0.713. The minimum absolute atomic E-state index is 0.0248. The first-order valence-electron chi connectivity index (χ1n) is 19.0.